The van der Waals surface area contributed by atoms with Crippen molar-refractivity contribution in [2.45, 2.75) is 23.6 Å². The smallest absolute Gasteiger partial charge is 0.252 e. The lowest BCUT2D eigenvalue weighted by atomic mass is 9.93. The fraction of sp³-hybridized carbons (Fsp3) is 0.333. The Kier molecular flexibility index (Phi) is 6.20. The fourth-order valence-electron chi connectivity index (χ4n) is 3.95. The SMILES string of the molecule is CC(=O)N1C=Cc2ccccc2[C@@H]1CC(=O)N1CCN(S(=O)(=O)c2ccc(Cl)s2)CC1. The average molecular weight is 480 g/mol. The quantitative estimate of drug-likeness (QED) is 0.674. The zero-order chi connectivity index (χ0) is 22.2. The van der Waals surface area contributed by atoms with Crippen LogP contribution < -0.4 is 0 Å². The van der Waals surface area contributed by atoms with Crippen LogP contribution in [0.2, 0.25) is 4.34 Å². The van der Waals surface area contributed by atoms with Gasteiger partial charge in [0, 0.05) is 39.3 Å². The molecule has 4 rings (SSSR count). The van der Waals surface area contributed by atoms with E-state index in [4.69, 9.17) is 11.6 Å². The highest BCUT2D eigenvalue weighted by Crippen LogP contribution is 2.34. The Balaban J connectivity index is 1.44. The van der Waals surface area contributed by atoms with Crippen LogP contribution in [0.25, 0.3) is 6.08 Å². The van der Waals surface area contributed by atoms with Gasteiger partial charge in [-0.2, -0.15) is 4.31 Å². The van der Waals surface area contributed by atoms with Crippen LogP contribution in [0.3, 0.4) is 0 Å². The normalized spacial score (nSPS) is 19.4. The number of fused-ring (bicyclic) bond motifs is 1. The van der Waals surface area contributed by atoms with E-state index in [1.807, 2.05) is 30.3 Å². The number of sulfonamides is 1. The van der Waals surface area contributed by atoms with Gasteiger partial charge in [-0.05, 0) is 29.3 Å². The molecule has 2 aromatic rings. The van der Waals surface area contributed by atoms with Gasteiger partial charge in [-0.3, -0.25) is 9.59 Å². The first-order valence-electron chi connectivity index (χ1n) is 9.86. The molecule has 1 aromatic carbocycles. The summed E-state index contributed by atoms with van der Waals surface area (Å²) in [5, 5.41) is 0. The van der Waals surface area contributed by atoms with E-state index in [1.165, 1.54) is 17.3 Å². The second-order valence-electron chi connectivity index (χ2n) is 7.43. The number of piperazine rings is 1. The van der Waals surface area contributed by atoms with Crippen LogP contribution in [0.1, 0.15) is 30.5 Å². The third-order valence-electron chi connectivity index (χ3n) is 5.57. The molecule has 1 saturated heterocycles. The molecule has 0 N–H and O–H groups in total. The topological polar surface area (TPSA) is 78.0 Å². The molecule has 0 aliphatic carbocycles. The number of carbonyl (C=O) groups is 2. The number of carbonyl (C=O) groups excluding carboxylic acids is 2. The van der Waals surface area contributed by atoms with Gasteiger partial charge in [0.15, 0.2) is 0 Å². The maximum atomic E-state index is 13.1. The van der Waals surface area contributed by atoms with Crippen LogP contribution in [0.4, 0.5) is 0 Å². The highest BCUT2D eigenvalue weighted by molar-refractivity contribution is 7.91. The summed E-state index contributed by atoms with van der Waals surface area (Å²) >= 11 is 6.91. The van der Waals surface area contributed by atoms with Crippen molar-refractivity contribution < 1.29 is 18.0 Å². The van der Waals surface area contributed by atoms with Gasteiger partial charge in [0.25, 0.3) is 10.0 Å². The van der Waals surface area contributed by atoms with Crippen molar-refractivity contribution in [1.82, 2.24) is 14.1 Å². The number of nitrogens with zero attached hydrogens (tertiary/aromatic N) is 3. The number of halogens is 1. The summed E-state index contributed by atoms with van der Waals surface area (Å²) < 4.78 is 27.6. The Morgan fingerprint density at radius 3 is 2.45 bits per heavy atom. The van der Waals surface area contributed by atoms with Gasteiger partial charge in [-0.25, -0.2) is 8.42 Å². The molecule has 10 heteroatoms. The van der Waals surface area contributed by atoms with Crippen LogP contribution in [0.5, 0.6) is 0 Å². The largest absolute Gasteiger partial charge is 0.340 e. The molecule has 1 atom stereocenters. The minimum atomic E-state index is -3.61. The van der Waals surface area contributed by atoms with Gasteiger partial charge in [0.05, 0.1) is 16.8 Å². The molecule has 7 nitrogen and oxygen atoms in total. The zero-order valence-electron chi connectivity index (χ0n) is 16.9. The molecule has 2 aliphatic rings. The molecule has 0 spiro atoms. The first-order valence-corrected chi connectivity index (χ1v) is 12.5. The Hall–Kier alpha value is -2.20. The molecule has 0 bridgehead atoms. The number of rotatable bonds is 4. The van der Waals surface area contributed by atoms with Crippen molar-refractivity contribution in [3.63, 3.8) is 0 Å². The predicted octanol–water partition coefficient (Wildman–Crippen LogP) is 3.20. The molecule has 31 heavy (non-hydrogen) atoms. The third-order valence-corrected chi connectivity index (χ3v) is 9.17. The molecular weight excluding hydrogens is 458 g/mol. The van der Waals surface area contributed by atoms with E-state index in [2.05, 4.69) is 0 Å². The van der Waals surface area contributed by atoms with Gasteiger partial charge in [0.1, 0.15) is 4.21 Å². The van der Waals surface area contributed by atoms with E-state index in [9.17, 15) is 18.0 Å². The Morgan fingerprint density at radius 2 is 1.81 bits per heavy atom. The van der Waals surface area contributed by atoms with Crippen molar-refractivity contribution in [2.24, 2.45) is 0 Å². The van der Waals surface area contributed by atoms with Crippen molar-refractivity contribution in [3.8, 4) is 0 Å². The van der Waals surface area contributed by atoms with E-state index in [-0.39, 0.29) is 41.6 Å². The first kappa shape index (κ1) is 22.0. The molecule has 2 amide bonds. The maximum Gasteiger partial charge on any atom is 0.252 e. The number of hydrogen-bond donors (Lipinski definition) is 0. The summed E-state index contributed by atoms with van der Waals surface area (Å²) in [6, 6.07) is 10.4. The summed E-state index contributed by atoms with van der Waals surface area (Å²) in [7, 11) is -3.61. The zero-order valence-corrected chi connectivity index (χ0v) is 19.3. The van der Waals surface area contributed by atoms with E-state index in [0.717, 1.165) is 22.5 Å². The van der Waals surface area contributed by atoms with Gasteiger partial charge < -0.3 is 9.80 Å². The van der Waals surface area contributed by atoms with Gasteiger partial charge >= 0.3 is 0 Å². The van der Waals surface area contributed by atoms with E-state index >= 15 is 0 Å². The summed E-state index contributed by atoms with van der Waals surface area (Å²) in [6.07, 6.45) is 3.74. The summed E-state index contributed by atoms with van der Waals surface area (Å²) in [5.74, 6) is -0.230. The lowest BCUT2D eigenvalue weighted by Crippen LogP contribution is -2.51. The number of hydrogen-bond acceptors (Lipinski definition) is 5. The molecule has 0 radical (unpaired) electrons. The van der Waals surface area contributed by atoms with Gasteiger partial charge in [-0.1, -0.05) is 35.9 Å². The summed E-state index contributed by atoms with van der Waals surface area (Å²) in [5.41, 5.74) is 1.92. The second-order valence-corrected chi connectivity index (χ2v) is 11.3. The third kappa shape index (κ3) is 4.41. The fourth-order valence-corrected chi connectivity index (χ4v) is 7.01. The number of benzene rings is 1. The molecule has 1 aromatic heterocycles. The van der Waals surface area contributed by atoms with Crippen molar-refractivity contribution >= 4 is 50.9 Å². The van der Waals surface area contributed by atoms with Crippen LogP contribution in [0.15, 0.2) is 46.8 Å². The first-order chi connectivity index (χ1) is 14.8. The van der Waals surface area contributed by atoms with Gasteiger partial charge in [-0.15, -0.1) is 11.3 Å². The van der Waals surface area contributed by atoms with E-state index in [0.29, 0.717) is 17.4 Å². The average Bonchev–Trinajstić information content (AvgIpc) is 3.21. The van der Waals surface area contributed by atoms with Crippen LogP contribution in [-0.2, 0) is 19.6 Å². The standard InChI is InChI=1S/C21H22ClN3O4S2/c1-15(26)25-9-8-16-4-2-3-5-17(16)18(25)14-20(27)23-10-12-24(13-11-23)31(28,29)21-7-6-19(22)30-21/h2-9,18H,10-14H2,1H3/t18-/m0/s1. The van der Waals surface area contributed by atoms with Gasteiger partial charge in [0.2, 0.25) is 11.8 Å². The Morgan fingerprint density at radius 1 is 1.10 bits per heavy atom. The van der Waals surface area contributed by atoms with Crippen LogP contribution in [-0.4, -0.2) is 60.5 Å². The Labute approximate surface area is 190 Å². The molecular formula is C21H22ClN3O4S2. The molecule has 3 heterocycles. The minimum Gasteiger partial charge on any atom is -0.340 e. The lowest BCUT2D eigenvalue weighted by Gasteiger charge is -2.37. The molecule has 1 fully saturated rings. The van der Waals surface area contributed by atoms with Crippen LogP contribution in [0, 0.1) is 0 Å². The Bertz CT molecular complexity index is 1140. The summed E-state index contributed by atoms with van der Waals surface area (Å²) in [4.78, 5) is 28.4. The second kappa shape index (κ2) is 8.74. The number of amides is 2. The summed E-state index contributed by atoms with van der Waals surface area (Å²) in [6.45, 7) is 2.54. The molecule has 0 saturated carbocycles. The monoisotopic (exact) mass is 479 g/mol. The van der Waals surface area contributed by atoms with Crippen LogP contribution >= 0.6 is 22.9 Å². The van der Waals surface area contributed by atoms with Crippen molar-refractivity contribution in [3.05, 3.63) is 58.1 Å². The van der Waals surface area contributed by atoms with Crippen molar-refractivity contribution in [2.75, 3.05) is 26.2 Å². The predicted molar refractivity (Wildman–Crippen MR) is 120 cm³/mol. The molecule has 0 unspecified atom stereocenters. The highest BCUT2D eigenvalue weighted by Gasteiger charge is 2.34. The lowest BCUT2D eigenvalue weighted by molar-refractivity contribution is -0.135. The minimum absolute atomic E-state index is 0.0995. The highest BCUT2D eigenvalue weighted by atomic mass is 35.5. The van der Waals surface area contributed by atoms with Crippen molar-refractivity contribution in [1.29, 1.82) is 0 Å². The van der Waals surface area contributed by atoms with E-state index < -0.39 is 10.0 Å². The van der Waals surface area contributed by atoms with E-state index in [1.54, 1.807) is 22.1 Å². The molecule has 2 aliphatic heterocycles. The maximum absolute atomic E-state index is 13.1. The molecule has 164 valence electrons. The number of thiophene rings is 1.